The van der Waals surface area contributed by atoms with Gasteiger partial charge in [0.05, 0.1) is 13.2 Å². The number of rotatable bonds is 4. The molecule has 3 aromatic rings. The second kappa shape index (κ2) is 7.94. The normalized spacial score (nSPS) is 14.8. The first-order valence-corrected chi connectivity index (χ1v) is 9.20. The van der Waals surface area contributed by atoms with Crippen molar-refractivity contribution in [3.05, 3.63) is 64.0 Å². The number of amides is 1. The molecule has 1 fully saturated rings. The van der Waals surface area contributed by atoms with Crippen LogP contribution in [0.25, 0.3) is 11.0 Å². The van der Waals surface area contributed by atoms with Gasteiger partial charge in [0.25, 0.3) is 5.91 Å². The second-order valence-corrected chi connectivity index (χ2v) is 6.85. The molecule has 4 rings (SSSR count). The van der Waals surface area contributed by atoms with Crippen LogP contribution in [0.1, 0.15) is 16.1 Å². The van der Waals surface area contributed by atoms with E-state index >= 15 is 0 Å². The van der Waals surface area contributed by atoms with Crippen molar-refractivity contribution in [3.63, 3.8) is 0 Å². The molecule has 0 radical (unpaired) electrons. The average molecular weight is 396 g/mol. The van der Waals surface area contributed by atoms with Crippen LogP contribution in [0.2, 0.25) is 0 Å². The van der Waals surface area contributed by atoms with Crippen molar-refractivity contribution in [1.29, 1.82) is 0 Å². The standard InChI is InChI=1S/C21H20N2O6/c24-15-9-16(25)20-17(26)11-19(29-18(20)10-15)21(27)22-14-3-1-13(2-4-14)12-23-5-7-28-8-6-23/h1-4,9-11,24-25H,5-8,12H2,(H,22,27). The van der Waals surface area contributed by atoms with E-state index < -0.39 is 17.1 Å². The number of nitrogens with one attached hydrogen (secondary N) is 1. The SMILES string of the molecule is O=C(Nc1ccc(CN2CCOCC2)cc1)c1cc(=O)c2c(O)cc(O)cc2o1. The highest BCUT2D eigenvalue weighted by molar-refractivity contribution is 6.03. The van der Waals surface area contributed by atoms with Crippen molar-refractivity contribution in [2.45, 2.75) is 6.54 Å². The number of benzene rings is 2. The molecular formula is C21H20N2O6. The van der Waals surface area contributed by atoms with E-state index in [2.05, 4.69) is 10.2 Å². The fourth-order valence-electron chi connectivity index (χ4n) is 3.27. The molecular weight excluding hydrogens is 376 g/mol. The molecule has 29 heavy (non-hydrogen) atoms. The van der Waals surface area contributed by atoms with Crippen LogP contribution in [0.3, 0.4) is 0 Å². The zero-order valence-corrected chi connectivity index (χ0v) is 15.6. The summed E-state index contributed by atoms with van der Waals surface area (Å²) in [6, 6.07) is 10.6. The average Bonchev–Trinajstić information content (AvgIpc) is 2.69. The Balaban J connectivity index is 1.49. The molecule has 0 atom stereocenters. The van der Waals surface area contributed by atoms with Crippen LogP contribution in [-0.2, 0) is 11.3 Å². The molecule has 0 spiro atoms. The third-order valence-corrected chi connectivity index (χ3v) is 4.74. The third kappa shape index (κ3) is 4.23. The smallest absolute Gasteiger partial charge is 0.291 e. The van der Waals surface area contributed by atoms with E-state index in [0.29, 0.717) is 5.69 Å². The van der Waals surface area contributed by atoms with Crippen molar-refractivity contribution in [2.24, 2.45) is 0 Å². The lowest BCUT2D eigenvalue weighted by Gasteiger charge is -2.26. The maximum Gasteiger partial charge on any atom is 0.291 e. The molecule has 8 nitrogen and oxygen atoms in total. The number of carbonyl (C=O) groups excluding carboxylic acids is 1. The Morgan fingerprint density at radius 1 is 1.07 bits per heavy atom. The maximum atomic E-state index is 12.5. The van der Waals surface area contributed by atoms with Crippen LogP contribution >= 0.6 is 0 Å². The number of fused-ring (bicyclic) bond motifs is 1. The number of anilines is 1. The molecule has 0 saturated carbocycles. The van der Waals surface area contributed by atoms with E-state index in [9.17, 15) is 19.8 Å². The predicted molar refractivity (Wildman–Crippen MR) is 106 cm³/mol. The number of phenols is 2. The summed E-state index contributed by atoms with van der Waals surface area (Å²) in [5.74, 6) is -1.50. The topological polar surface area (TPSA) is 112 Å². The summed E-state index contributed by atoms with van der Waals surface area (Å²) in [6.45, 7) is 4.07. The van der Waals surface area contributed by atoms with Gasteiger partial charge >= 0.3 is 0 Å². The highest BCUT2D eigenvalue weighted by atomic mass is 16.5. The van der Waals surface area contributed by atoms with Crippen LogP contribution in [0.15, 0.2) is 51.7 Å². The van der Waals surface area contributed by atoms with Gasteiger partial charge in [-0.15, -0.1) is 0 Å². The van der Waals surface area contributed by atoms with Gasteiger partial charge in [-0.2, -0.15) is 0 Å². The molecule has 1 amide bonds. The Labute approximate surface area is 165 Å². The number of phenolic OH excluding ortho intramolecular Hbond substituents is 2. The zero-order valence-electron chi connectivity index (χ0n) is 15.6. The highest BCUT2D eigenvalue weighted by Crippen LogP contribution is 2.28. The van der Waals surface area contributed by atoms with Gasteiger partial charge in [-0.1, -0.05) is 12.1 Å². The molecule has 0 unspecified atom stereocenters. The molecule has 1 saturated heterocycles. The van der Waals surface area contributed by atoms with E-state index in [1.54, 1.807) is 12.1 Å². The van der Waals surface area contributed by atoms with E-state index in [0.717, 1.165) is 50.5 Å². The van der Waals surface area contributed by atoms with E-state index in [-0.39, 0.29) is 22.5 Å². The van der Waals surface area contributed by atoms with Gasteiger partial charge in [0.1, 0.15) is 22.5 Å². The summed E-state index contributed by atoms with van der Waals surface area (Å²) in [7, 11) is 0. The number of aromatic hydroxyl groups is 2. The Morgan fingerprint density at radius 2 is 1.79 bits per heavy atom. The minimum absolute atomic E-state index is 0.0685. The van der Waals surface area contributed by atoms with E-state index in [4.69, 9.17) is 9.15 Å². The summed E-state index contributed by atoms with van der Waals surface area (Å²) < 4.78 is 10.8. The van der Waals surface area contributed by atoms with Gasteiger partial charge in [0.2, 0.25) is 0 Å². The molecule has 3 N–H and O–H groups in total. The number of hydrogen-bond donors (Lipinski definition) is 3. The Hall–Kier alpha value is -3.36. The highest BCUT2D eigenvalue weighted by Gasteiger charge is 2.16. The van der Waals surface area contributed by atoms with Crippen molar-refractivity contribution < 1.29 is 24.2 Å². The van der Waals surface area contributed by atoms with Crippen molar-refractivity contribution >= 4 is 22.6 Å². The first-order valence-electron chi connectivity index (χ1n) is 9.20. The van der Waals surface area contributed by atoms with Crippen molar-refractivity contribution in [3.8, 4) is 11.5 Å². The monoisotopic (exact) mass is 396 g/mol. The fourth-order valence-corrected chi connectivity index (χ4v) is 3.27. The number of ether oxygens (including phenoxy) is 1. The summed E-state index contributed by atoms with van der Waals surface area (Å²) in [5.41, 5.74) is 1.03. The van der Waals surface area contributed by atoms with Crippen LogP contribution in [-0.4, -0.2) is 47.3 Å². The predicted octanol–water partition coefficient (Wildman–Crippen LogP) is 2.29. The number of carbonyl (C=O) groups is 1. The molecule has 1 aromatic heterocycles. The minimum Gasteiger partial charge on any atom is -0.508 e. The molecule has 8 heteroatoms. The zero-order chi connectivity index (χ0) is 20.4. The Kier molecular flexibility index (Phi) is 5.20. The Bertz CT molecular complexity index is 1100. The maximum absolute atomic E-state index is 12.5. The van der Waals surface area contributed by atoms with Crippen LogP contribution in [0, 0.1) is 0 Å². The minimum atomic E-state index is -0.604. The van der Waals surface area contributed by atoms with Gasteiger partial charge < -0.3 is 24.7 Å². The molecule has 150 valence electrons. The summed E-state index contributed by atoms with van der Waals surface area (Å²) >= 11 is 0. The number of hydrogen-bond acceptors (Lipinski definition) is 7. The first kappa shape index (κ1) is 19.0. The molecule has 1 aliphatic heterocycles. The van der Waals surface area contributed by atoms with Gasteiger partial charge in [-0.05, 0) is 17.7 Å². The molecule has 0 aliphatic carbocycles. The van der Waals surface area contributed by atoms with E-state index in [1.807, 2.05) is 12.1 Å². The fraction of sp³-hybridized carbons (Fsp3) is 0.238. The third-order valence-electron chi connectivity index (χ3n) is 4.74. The largest absolute Gasteiger partial charge is 0.508 e. The lowest BCUT2D eigenvalue weighted by Crippen LogP contribution is -2.35. The quantitative estimate of drug-likeness (QED) is 0.620. The van der Waals surface area contributed by atoms with Crippen molar-refractivity contribution in [1.82, 2.24) is 4.90 Å². The molecule has 1 aliphatic rings. The molecule has 2 heterocycles. The number of nitrogens with zero attached hydrogens (tertiary/aromatic N) is 1. The molecule has 2 aromatic carbocycles. The number of morpholine rings is 1. The Morgan fingerprint density at radius 3 is 2.52 bits per heavy atom. The van der Waals surface area contributed by atoms with Crippen LogP contribution in [0.4, 0.5) is 5.69 Å². The lowest BCUT2D eigenvalue weighted by molar-refractivity contribution is 0.0342. The van der Waals surface area contributed by atoms with E-state index in [1.165, 1.54) is 6.07 Å². The van der Waals surface area contributed by atoms with Gasteiger partial charge in [-0.25, -0.2) is 0 Å². The lowest BCUT2D eigenvalue weighted by atomic mass is 10.1. The summed E-state index contributed by atoms with van der Waals surface area (Å²) in [5, 5.41) is 22.0. The first-order chi connectivity index (χ1) is 14.0. The summed E-state index contributed by atoms with van der Waals surface area (Å²) in [4.78, 5) is 27.0. The van der Waals surface area contributed by atoms with Gasteiger partial charge in [0, 0.05) is 43.5 Å². The second-order valence-electron chi connectivity index (χ2n) is 6.85. The van der Waals surface area contributed by atoms with Crippen LogP contribution in [0.5, 0.6) is 11.5 Å². The van der Waals surface area contributed by atoms with Gasteiger partial charge in [-0.3, -0.25) is 14.5 Å². The van der Waals surface area contributed by atoms with Crippen molar-refractivity contribution in [2.75, 3.05) is 31.6 Å². The molecule has 0 bridgehead atoms. The summed E-state index contributed by atoms with van der Waals surface area (Å²) in [6.07, 6.45) is 0. The van der Waals surface area contributed by atoms with Gasteiger partial charge in [0.15, 0.2) is 11.2 Å². The van der Waals surface area contributed by atoms with Crippen LogP contribution < -0.4 is 10.7 Å².